The second kappa shape index (κ2) is 2.74. The summed E-state index contributed by atoms with van der Waals surface area (Å²) in [4.78, 5) is 3.86. The van der Waals surface area contributed by atoms with Crippen LogP contribution in [0.15, 0.2) is 18.2 Å². The van der Waals surface area contributed by atoms with Crippen LogP contribution < -0.4 is 0 Å². The van der Waals surface area contributed by atoms with Crippen molar-refractivity contribution in [3.8, 4) is 0 Å². The van der Waals surface area contributed by atoms with Crippen molar-refractivity contribution in [3.63, 3.8) is 0 Å². The van der Waals surface area contributed by atoms with E-state index in [-0.39, 0.29) is 11.7 Å². The Morgan fingerprint density at radius 1 is 1.50 bits per heavy atom. The molecular weight excluding hydrogens is 185 g/mol. The van der Waals surface area contributed by atoms with E-state index in [0.29, 0.717) is 18.9 Å². The molecule has 14 heavy (non-hydrogen) atoms. The fraction of sp³-hybridized carbons (Fsp3) is 0.500. The van der Waals surface area contributed by atoms with Crippen LogP contribution in [0.4, 0.5) is 4.39 Å². The van der Waals surface area contributed by atoms with Crippen molar-refractivity contribution in [1.29, 1.82) is 0 Å². The molecule has 2 fully saturated rings. The van der Waals surface area contributed by atoms with Crippen LogP contribution in [-0.4, -0.2) is 24.3 Å². The molecule has 4 heteroatoms. The molecule has 3 heterocycles. The van der Waals surface area contributed by atoms with Gasteiger partial charge in [0.1, 0.15) is 11.7 Å². The van der Waals surface area contributed by atoms with Gasteiger partial charge in [-0.05, 0) is 12.1 Å². The minimum Gasteiger partial charge on any atom is -0.378 e. The van der Waals surface area contributed by atoms with Gasteiger partial charge in [-0.15, -0.1) is 0 Å². The second-order valence-corrected chi connectivity index (χ2v) is 3.67. The van der Waals surface area contributed by atoms with Crippen LogP contribution in [0, 0.1) is 5.95 Å². The van der Waals surface area contributed by atoms with Crippen LogP contribution in [0.5, 0.6) is 0 Å². The maximum Gasteiger partial charge on any atom is 0.213 e. The summed E-state index contributed by atoms with van der Waals surface area (Å²) in [6.45, 7) is 1.26. The van der Waals surface area contributed by atoms with Crippen LogP contribution in [0.1, 0.15) is 12.1 Å². The maximum atomic E-state index is 12.9. The summed E-state index contributed by atoms with van der Waals surface area (Å²) in [6, 6.07) is 4.83. The Hall–Kier alpha value is -1.00. The molecule has 2 unspecified atom stereocenters. The molecule has 0 N–H and O–H groups in total. The van der Waals surface area contributed by atoms with Gasteiger partial charge in [0.2, 0.25) is 5.95 Å². The Bertz CT molecular complexity index is 371. The summed E-state index contributed by atoms with van der Waals surface area (Å²) in [5.41, 5.74) is 0.353. The van der Waals surface area contributed by atoms with Gasteiger partial charge in [0, 0.05) is 13.0 Å². The lowest BCUT2D eigenvalue weighted by atomic mass is 9.95. The quantitative estimate of drug-likeness (QED) is 0.499. The highest BCUT2D eigenvalue weighted by Crippen LogP contribution is 2.50. The lowest BCUT2D eigenvalue weighted by Gasteiger charge is -2.16. The molecule has 2 atom stereocenters. The Kier molecular flexibility index (Phi) is 1.63. The number of hydrogen-bond donors (Lipinski definition) is 0. The summed E-state index contributed by atoms with van der Waals surface area (Å²) in [6.07, 6.45) is 0.847. The molecule has 2 saturated heterocycles. The lowest BCUT2D eigenvalue weighted by molar-refractivity contribution is 0.0965. The van der Waals surface area contributed by atoms with E-state index >= 15 is 0 Å². The first-order valence-electron chi connectivity index (χ1n) is 4.70. The Morgan fingerprint density at radius 2 is 2.43 bits per heavy atom. The number of pyridine rings is 1. The lowest BCUT2D eigenvalue weighted by Crippen LogP contribution is -2.25. The van der Waals surface area contributed by atoms with Gasteiger partial charge in [0.05, 0.1) is 12.3 Å². The third kappa shape index (κ3) is 1.07. The average Bonchev–Trinajstić information content (AvgIpc) is 2.93. The van der Waals surface area contributed by atoms with Crippen LogP contribution in [0.2, 0.25) is 0 Å². The van der Waals surface area contributed by atoms with E-state index in [1.807, 2.05) is 6.07 Å². The maximum absolute atomic E-state index is 12.9. The molecule has 3 nitrogen and oxygen atoms in total. The molecule has 1 aromatic rings. The predicted molar refractivity (Wildman–Crippen MR) is 46.2 cm³/mol. The van der Waals surface area contributed by atoms with Gasteiger partial charge in [-0.1, -0.05) is 6.07 Å². The number of nitrogens with zero attached hydrogens (tertiary/aromatic N) is 1. The fourth-order valence-electron chi connectivity index (χ4n) is 2.02. The Labute approximate surface area is 80.9 Å². The van der Waals surface area contributed by atoms with E-state index in [4.69, 9.17) is 9.47 Å². The smallest absolute Gasteiger partial charge is 0.213 e. The number of epoxide rings is 1. The molecule has 3 rings (SSSR count). The van der Waals surface area contributed by atoms with Crippen molar-refractivity contribution in [3.05, 3.63) is 29.8 Å². The molecule has 2 aliphatic heterocycles. The van der Waals surface area contributed by atoms with Crippen molar-refractivity contribution in [2.45, 2.75) is 18.1 Å². The average molecular weight is 195 g/mol. The van der Waals surface area contributed by atoms with Gasteiger partial charge in [0.15, 0.2) is 0 Å². The van der Waals surface area contributed by atoms with E-state index in [1.54, 1.807) is 6.07 Å². The highest BCUT2D eigenvalue weighted by atomic mass is 19.1. The molecule has 0 bridgehead atoms. The predicted octanol–water partition coefficient (Wildman–Crippen LogP) is 1.24. The minimum atomic E-state index is -0.447. The molecule has 0 aromatic carbocycles. The first-order chi connectivity index (χ1) is 6.81. The van der Waals surface area contributed by atoms with Gasteiger partial charge in [-0.3, -0.25) is 0 Å². The molecular formula is C10H10FNO2. The number of ether oxygens (including phenoxy) is 2. The number of fused-ring (bicyclic) bond motifs is 1. The normalized spacial score (nSPS) is 35.1. The van der Waals surface area contributed by atoms with Crippen molar-refractivity contribution in [1.82, 2.24) is 4.98 Å². The van der Waals surface area contributed by atoms with Gasteiger partial charge < -0.3 is 9.47 Å². The molecule has 1 aromatic heterocycles. The SMILES string of the molecule is Fc1cccc(C23CCOCC2O3)n1. The number of hydrogen-bond acceptors (Lipinski definition) is 3. The molecule has 74 valence electrons. The van der Waals surface area contributed by atoms with Gasteiger partial charge >= 0.3 is 0 Å². The zero-order valence-corrected chi connectivity index (χ0v) is 7.57. The summed E-state index contributed by atoms with van der Waals surface area (Å²) in [7, 11) is 0. The van der Waals surface area contributed by atoms with E-state index in [9.17, 15) is 4.39 Å². The van der Waals surface area contributed by atoms with Crippen LogP contribution in [-0.2, 0) is 15.1 Å². The monoisotopic (exact) mass is 195 g/mol. The Balaban J connectivity index is 1.95. The zero-order valence-electron chi connectivity index (χ0n) is 7.57. The number of halogens is 1. The minimum absolute atomic E-state index is 0.0746. The second-order valence-electron chi connectivity index (χ2n) is 3.67. The highest BCUT2D eigenvalue weighted by molar-refractivity contribution is 5.23. The summed E-state index contributed by atoms with van der Waals surface area (Å²) < 4.78 is 23.7. The van der Waals surface area contributed by atoms with Gasteiger partial charge in [-0.2, -0.15) is 4.39 Å². The van der Waals surface area contributed by atoms with E-state index in [0.717, 1.165) is 6.42 Å². The van der Waals surface area contributed by atoms with E-state index in [2.05, 4.69) is 4.98 Å². The summed E-state index contributed by atoms with van der Waals surface area (Å²) in [5, 5.41) is 0. The molecule has 2 aliphatic rings. The molecule has 0 spiro atoms. The molecule has 0 aliphatic carbocycles. The third-order valence-corrected chi connectivity index (χ3v) is 2.85. The third-order valence-electron chi connectivity index (χ3n) is 2.85. The van der Waals surface area contributed by atoms with E-state index < -0.39 is 5.95 Å². The van der Waals surface area contributed by atoms with E-state index in [1.165, 1.54) is 6.07 Å². The summed E-state index contributed by atoms with van der Waals surface area (Å²) in [5.74, 6) is -0.447. The van der Waals surface area contributed by atoms with Crippen LogP contribution in [0.3, 0.4) is 0 Å². The fourth-order valence-corrected chi connectivity index (χ4v) is 2.02. The highest BCUT2D eigenvalue weighted by Gasteiger charge is 2.60. The Morgan fingerprint density at radius 3 is 3.21 bits per heavy atom. The van der Waals surface area contributed by atoms with Crippen molar-refractivity contribution < 1.29 is 13.9 Å². The first kappa shape index (κ1) is 8.32. The standard InChI is InChI=1S/C10H10FNO2/c11-9-3-1-2-7(12-9)10-4-5-13-6-8(10)14-10/h1-3,8H,4-6H2. The number of rotatable bonds is 1. The number of aromatic nitrogens is 1. The zero-order chi connectivity index (χ0) is 9.60. The van der Waals surface area contributed by atoms with Crippen LogP contribution in [0.25, 0.3) is 0 Å². The van der Waals surface area contributed by atoms with Crippen molar-refractivity contribution >= 4 is 0 Å². The molecule has 0 amide bonds. The van der Waals surface area contributed by atoms with Crippen molar-refractivity contribution in [2.75, 3.05) is 13.2 Å². The summed E-state index contributed by atoms with van der Waals surface area (Å²) >= 11 is 0. The van der Waals surface area contributed by atoms with Gasteiger partial charge in [0.25, 0.3) is 0 Å². The molecule has 0 saturated carbocycles. The van der Waals surface area contributed by atoms with Gasteiger partial charge in [-0.25, -0.2) is 4.98 Å². The topological polar surface area (TPSA) is 34.6 Å². The molecule has 0 radical (unpaired) electrons. The van der Waals surface area contributed by atoms with Crippen molar-refractivity contribution in [2.24, 2.45) is 0 Å². The first-order valence-corrected chi connectivity index (χ1v) is 4.70. The van der Waals surface area contributed by atoms with Crippen LogP contribution >= 0.6 is 0 Å². The largest absolute Gasteiger partial charge is 0.378 e.